The van der Waals surface area contributed by atoms with Gasteiger partial charge in [0.25, 0.3) is 5.91 Å². The molecule has 0 heterocycles. The lowest BCUT2D eigenvalue weighted by Crippen LogP contribution is -2.30. The molecule has 1 unspecified atom stereocenters. The monoisotopic (exact) mass is 623 g/mol. The Hall–Kier alpha value is -4.42. The van der Waals surface area contributed by atoms with E-state index < -0.39 is 30.1 Å². The molecule has 0 saturated carbocycles. The Morgan fingerprint density at radius 2 is 1.70 bits per heavy atom. The fourth-order valence-corrected chi connectivity index (χ4v) is 4.36. The van der Waals surface area contributed by atoms with Gasteiger partial charge in [-0.1, -0.05) is 23.7 Å². The Balaban J connectivity index is 2.18. The second kappa shape index (κ2) is 14.7. The highest BCUT2D eigenvalue weighted by Crippen LogP contribution is 2.42. The van der Waals surface area contributed by atoms with Crippen LogP contribution >= 0.6 is 11.6 Å². The molecule has 0 bridgehead atoms. The number of alkyl halides is 3. The zero-order valence-electron chi connectivity index (χ0n) is 23.6. The predicted molar refractivity (Wildman–Crippen MR) is 152 cm³/mol. The number of rotatable bonds is 12. The van der Waals surface area contributed by atoms with Crippen LogP contribution in [-0.4, -0.2) is 51.3 Å². The number of esters is 1. The van der Waals surface area contributed by atoms with Gasteiger partial charge in [0.1, 0.15) is 17.6 Å². The highest BCUT2D eigenvalue weighted by atomic mass is 35.5. The lowest BCUT2D eigenvalue weighted by molar-refractivity contribution is -0.275. The first kappa shape index (κ1) is 33.1. The smallest absolute Gasteiger partial charge is 0.497 e. The van der Waals surface area contributed by atoms with E-state index in [2.05, 4.69) is 4.74 Å². The average molecular weight is 624 g/mol. The molecule has 9 nitrogen and oxygen atoms in total. The first-order valence-electron chi connectivity index (χ1n) is 12.7. The van der Waals surface area contributed by atoms with Crippen molar-refractivity contribution < 1.29 is 51.6 Å². The van der Waals surface area contributed by atoms with Gasteiger partial charge in [0, 0.05) is 39.9 Å². The number of benzene rings is 3. The predicted octanol–water partition coefficient (Wildman–Crippen LogP) is 6.00. The largest absolute Gasteiger partial charge is 0.573 e. The van der Waals surface area contributed by atoms with Crippen molar-refractivity contribution in [1.82, 2.24) is 0 Å². The van der Waals surface area contributed by atoms with Gasteiger partial charge < -0.3 is 33.7 Å². The maximum atomic E-state index is 13.6. The molecule has 0 aromatic heterocycles. The van der Waals surface area contributed by atoms with E-state index in [4.69, 9.17) is 30.5 Å². The average Bonchev–Trinajstić information content (AvgIpc) is 2.97. The lowest BCUT2D eigenvalue weighted by Gasteiger charge is -2.28. The molecule has 1 amide bonds. The van der Waals surface area contributed by atoms with E-state index in [9.17, 15) is 27.9 Å². The molecule has 0 spiro atoms. The summed E-state index contributed by atoms with van der Waals surface area (Å²) in [5.41, 5.74) is 0.594. The van der Waals surface area contributed by atoms with Gasteiger partial charge in [-0.2, -0.15) is 0 Å². The van der Waals surface area contributed by atoms with Crippen LogP contribution < -0.4 is 23.8 Å². The number of halogens is 4. The van der Waals surface area contributed by atoms with E-state index in [1.807, 2.05) is 0 Å². The van der Waals surface area contributed by atoms with Gasteiger partial charge in [0.05, 0.1) is 40.2 Å². The van der Waals surface area contributed by atoms with Crippen molar-refractivity contribution in [1.29, 1.82) is 0 Å². The second-order valence-electron chi connectivity index (χ2n) is 8.72. The molecule has 3 aromatic rings. The highest BCUT2D eigenvalue weighted by Gasteiger charge is 2.34. The number of aliphatic hydroxyl groups is 1. The maximum Gasteiger partial charge on any atom is 0.573 e. The number of methoxy groups -OCH3 is 3. The van der Waals surface area contributed by atoms with E-state index in [-0.39, 0.29) is 40.7 Å². The summed E-state index contributed by atoms with van der Waals surface area (Å²) >= 11 is 6.28. The normalized spacial score (nSPS) is 12.0. The Morgan fingerprint density at radius 1 is 0.953 bits per heavy atom. The Morgan fingerprint density at radius 3 is 2.33 bits per heavy atom. The van der Waals surface area contributed by atoms with Crippen molar-refractivity contribution >= 4 is 29.2 Å². The molecule has 0 saturated heterocycles. The molecule has 3 rings (SSSR count). The number of amides is 1. The number of carbonyl (C=O) groups excluding carboxylic acids is 2. The molecular weight excluding hydrogens is 595 g/mol. The van der Waals surface area contributed by atoms with Gasteiger partial charge in [0.15, 0.2) is 11.5 Å². The number of anilines is 1. The Bertz CT molecular complexity index is 1480. The standard InChI is InChI=1S/C30H29ClF3NO8/c1-5-42-27(37)14-13-26(36)35(17-18-9-11-20(39-2)16-25(18)40-3)23-12-10-19(31)15-22(23)28(38)21-7-6-8-24(29(21)41-4)43-30(32,33)34/h6-16,28,38H,5,17H2,1-4H3. The van der Waals surface area contributed by atoms with E-state index in [1.165, 1.54) is 49.5 Å². The zero-order chi connectivity index (χ0) is 31.7. The highest BCUT2D eigenvalue weighted by molar-refractivity contribution is 6.30. The number of aliphatic hydroxyl groups excluding tert-OH is 1. The van der Waals surface area contributed by atoms with Crippen LogP contribution in [0.1, 0.15) is 29.7 Å². The molecular formula is C30H29ClF3NO8. The third-order valence-corrected chi connectivity index (χ3v) is 6.28. The minimum absolute atomic E-state index is 0.0420. The van der Waals surface area contributed by atoms with Gasteiger partial charge in [0.2, 0.25) is 0 Å². The molecule has 0 radical (unpaired) electrons. The minimum atomic E-state index is -5.02. The summed E-state index contributed by atoms with van der Waals surface area (Å²) in [4.78, 5) is 26.8. The van der Waals surface area contributed by atoms with Crippen LogP contribution in [0.4, 0.5) is 18.9 Å². The first-order valence-corrected chi connectivity index (χ1v) is 13.1. The van der Waals surface area contributed by atoms with Gasteiger partial charge >= 0.3 is 12.3 Å². The molecule has 1 atom stereocenters. The molecule has 13 heteroatoms. The molecule has 0 aliphatic heterocycles. The van der Waals surface area contributed by atoms with Gasteiger partial charge in [-0.25, -0.2) is 4.79 Å². The molecule has 43 heavy (non-hydrogen) atoms. The zero-order valence-corrected chi connectivity index (χ0v) is 24.4. The Kier molecular flexibility index (Phi) is 11.3. The lowest BCUT2D eigenvalue weighted by atomic mass is 9.97. The summed E-state index contributed by atoms with van der Waals surface area (Å²) in [5, 5.41) is 11.7. The molecule has 0 aliphatic rings. The van der Waals surface area contributed by atoms with Crippen molar-refractivity contribution in [2.75, 3.05) is 32.8 Å². The Labute approximate surface area is 250 Å². The van der Waals surface area contributed by atoms with E-state index in [0.717, 1.165) is 25.3 Å². The minimum Gasteiger partial charge on any atom is -0.497 e. The van der Waals surface area contributed by atoms with Crippen molar-refractivity contribution in [2.45, 2.75) is 25.9 Å². The van der Waals surface area contributed by atoms with E-state index in [0.29, 0.717) is 17.1 Å². The van der Waals surface area contributed by atoms with Crippen LogP contribution in [0.2, 0.25) is 5.02 Å². The molecule has 1 N–H and O–H groups in total. The van der Waals surface area contributed by atoms with Crippen LogP contribution in [0.3, 0.4) is 0 Å². The second-order valence-corrected chi connectivity index (χ2v) is 9.16. The topological polar surface area (TPSA) is 104 Å². The van der Waals surface area contributed by atoms with Gasteiger partial charge in [-0.15, -0.1) is 13.2 Å². The third kappa shape index (κ3) is 8.55. The van der Waals surface area contributed by atoms with Crippen LogP contribution in [0.25, 0.3) is 0 Å². The number of nitrogens with zero attached hydrogens (tertiary/aromatic N) is 1. The summed E-state index contributed by atoms with van der Waals surface area (Å²) in [5.74, 6) is -1.63. The number of para-hydroxylation sites is 1. The van der Waals surface area contributed by atoms with Crippen LogP contribution in [0.15, 0.2) is 66.7 Å². The summed E-state index contributed by atoms with van der Waals surface area (Å²) in [6.45, 7) is 1.58. The first-order chi connectivity index (χ1) is 20.4. The summed E-state index contributed by atoms with van der Waals surface area (Å²) in [7, 11) is 4.04. The maximum absolute atomic E-state index is 13.6. The summed E-state index contributed by atoms with van der Waals surface area (Å²) < 4.78 is 64.1. The summed E-state index contributed by atoms with van der Waals surface area (Å²) in [6, 6.07) is 12.8. The van der Waals surface area contributed by atoms with Gasteiger partial charge in [-0.05, 0) is 43.3 Å². The van der Waals surface area contributed by atoms with Crippen molar-refractivity contribution in [3.8, 4) is 23.0 Å². The van der Waals surface area contributed by atoms with E-state index >= 15 is 0 Å². The van der Waals surface area contributed by atoms with Crippen LogP contribution in [0, 0.1) is 0 Å². The van der Waals surface area contributed by atoms with E-state index in [1.54, 1.807) is 25.1 Å². The number of hydrogen-bond donors (Lipinski definition) is 1. The third-order valence-electron chi connectivity index (χ3n) is 6.05. The van der Waals surface area contributed by atoms with Crippen LogP contribution in [-0.2, 0) is 20.9 Å². The molecule has 0 aliphatic carbocycles. The summed E-state index contributed by atoms with van der Waals surface area (Å²) in [6.07, 6.45) is -4.72. The van der Waals surface area contributed by atoms with Crippen molar-refractivity contribution in [2.24, 2.45) is 0 Å². The fraction of sp³-hybridized carbons (Fsp3) is 0.267. The van der Waals surface area contributed by atoms with Crippen molar-refractivity contribution in [3.05, 3.63) is 88.5 Å². The fourth-order valence-electron chi connectivity index (χ4n) is 4.18. The number of carbonyl (C=O) groups is 2. The molecule has 230 valence electrons. The quantitative estimate of drug-likeness (QED) is 0.194. The number of ether oxygens (including phenoxy) is 5. The van der Waals surface area contributed by atoms with Gasteiger partial charge in [-0.3, -0.25) is 4.79 Å². The van der Waals surface area contributed by atoms with Crippen molar-refractivity contribution in [3.63, 3.8) is 0 Å². The molecule has 0 fully saturated rings. The molecule has 3 aromatic carbocycles. The number of hydrogen-bond acceptors (Lipinski definition) is 8. The van der Waals surface area contributed by atoms with Crippen LogP contribution in [0.5, 0.6) is 23.0 Å². The SMILES string of the molecule is CCOC(=O)C=CC(=O)N(Cc1ccc(OC)cc1OC)c1ccc(Cl)cc1C(O)c1cccc(OC(F)(F)F)c1OC.